The lowest BCUT2D eigenvalue weighted by Crippen LogP contribution is -2.38. The van der Waals surface area contributed by atoms with Gasteiger partial charge in [-0.25, -0.2) is 8.42 Å². The van der Waals surface area contributed by atoms with Gasteiger partial charge in [-0.3, -0.25) is 9.59 Å². The summed E-state index contributed by atoms with van der Waals surface area (Å²) < 4.78 is 36.5. The number of nitrogens with zero attached hydrogens (tertiary/aromatic N) is 2. The second-order valence-corrected chi connectivity index (χ2v) is 11.2. The molecule has 0 radical (unpaired) electrons. The van der Waals surface area contributed by atoms with E-state index in [2.05, 4.69) is 20.9 Å². The molecule has 12 heteroatoms. The predicted molar refractivity (Wildman–Crippen MR) is 122 cm³/mol. The average Bonchev–Trinajstić information content (AvgIpc) is 3.13. The van der Waals surface area contributed by atoms with Crippen molar-refractivity contribution in [2.45, 2.75) is 38.0 Å². The Balaban J connectivity index is 2.03. The molecule has 2 aliphatic rings. The number of hydrogen-bond acceptors (Lipinski definition) is 7. The Morgan fingerprint density at radius 2 is 1.84 bits per heavy atom. The van der Waals surface area contributed by atoms with Gasteiger partial charge in [0, 0.05) is 28.3 Å². The molecule has 3 rings (SSSR count). The number of carbonyl (C=O) groups excluding carboxylic acids is 1. The minimum Gasteiger partial charge on any atom is -0.490 e. The number of anilines is 1. The third-order valence-electron chi connectivity index (χ3n) is 4.71. The van der Waals surface area contributed by atoms with Crippen molar-refractivity contribution >= 4 is 60.3 Å². The molecule has 2 atom stereocenters. The number of fused-ring (bicyclic) bond motifs is 1. The minimum atomic E-state index is -3.22. The summed E-state index contributed by atoms with van der Waals surface area (Å²) in [5, 5.41) is 8.90. The second-order valence-electron chi connectivity index (χ2n) is 6.97. The lowest BCUT2D eigenvalue weighted by atomic mass is 10.2. The van der Waals surface area contributed by atoms with Crippen LogP contribution in [0.15, 0.2) is 21.6 Å². The van der Waals surface area contributed by atoms with Crippen molar-refractivity contribution in [3.8, 4) is 11.5 Å². The Morgan fingerprint density at radius 3 is 2.45 bits per heavy atom. The van der Waals surface area contributed by atoms with Gasteiger partial charge in [-0.15, -0.1) is 0 Å². The summed E-state index contributed by atoms with van der Waals surface area (Å²) in [5.41, 5.74) is 0.605. The SMILES string of the molecule is CCOc1cc(Br)c(N2C(=NC(=O)CCC(=O)O)SC3CS(=O)(=O)CC32)cc1OCC. The molecule has 2 fully saturated rings. The second kappa shape index (κ2) is 9.78. The van der Waals surface area contributed by atoms with Gasteiger partial charge < -0.3 is 19.5 Å². The molecule has 31 heavy (non-hydrogen) atoms. The van der Waals surface area contributed by atoms with E-state index in [4.69, 9.17) is 14.6 Å². The molecular formula is C19H23BrN2O7S2. The number of rotatable bonds is 8. The van der Waals surface area contributed by atoms with Crippen LogP contribution in [0.3, 0.4) is 0 Å². The van der Waals surface area contributed by atoms with Crippen LogP contribution in [-0.2, 0) is 19.4 Å². The van der Waals surface area contributed by atoms with Gasteiger partial charge in [0.2, 0.25) is 5.91 Å². The fraction of sp³-hybridized carbons (Fsp3) is 0.526. The van der Waals surface area contributed by atoms with Crippen LogP contribution in [0.25, 0.3) is 0 Å². The first-order chi connectivity index (χ1) is 14.6. The number of halogens is 1. The lowest BCUT2D eigenvalue weighted by Gasteiger charge is -2.27. The summed E-state index contributed by atoms with van der Waals surface area (Å²) in [6.45, 7) is 4.55. The van der Waals surface area contributed by atoms with Crippen LogP contribution < -0.4 is 14.4 Å². The number of hydrogen-bond donors (Lipinski definition) is 1. The van der Waals surface area contributed by atoms with E-state index in [0.29, 0.717) is 40.0 Å². The van der Waals surface area contributed by atoms with Gasteiger partial charge in [0.15, 0.2) is 26.5 Å². The molecule has 9 nitrogen and oxygen atoms in total. The number of thioether (sulfide) groups is 1. The standard InChI is InChI=1S/C19H23BrN2O7S2/c1-3-28-14-7-11(20)12(8-15(14)29-4-2)22-13-9-31(26,27)10-16(13)30-19(22)21-17(23)5-6-18(24)25/h7-8,13,16H,3-6,9-10H2,1-2H3,(H,24,25). The van der Waals surface area contributed by atoms with E-state index >= 15 is 0 Å². The fourth-order valence-electron chi connectivity index (χ4n) is 3.47. The molecular weight excluding hydrogens is 512 g/mol. The summed E-state index contributed by atoms with van der Waals surface area (Å²) in [5.74, 6) is -0.676. The fourth-order valence-corrected chi connectivity index (χ4v) is 7.91. The summed E-state index contributed by atoms with van der Waals surface area (Å²) >= 11 is 4.76. The Hall–Kier alpha value is -1.79. The highest BCUT2D eigenvalue weighted by atomic mass is 79.9. The Bertz CT molecular complexity index is 1010. The normalized spacial score (nSPS) is 23.1. The zero-order valence-corrected chi connectivity index (χ0v) is 20.3. The van der Waals surface area contributed by atoms with E-state index in [1.165, 1.54) is 11.8 Å². The number of amidine groups is 1. The molecule has 1 aromatic rings. The molecule has 0 bridgehead atoms. The van der Waals surface area contributed by atoms with Gasteiger partial charge in [-0.2, -0.15) is 4.99 Å². The van der Waals surface area contributed by atoms with Crippen LogP contribution in [0.4, 0.5) is 5.69 Å². The maximum absolute atomic E-state index is 12.3. The summed E-state index contributed by atoms with van der Waals surface area (Å²) in [6, 6.07) is 3.09. The van der Waals surface area contributed by atoms with E-state index in [1.54, 1.807) is 17.0 Å². The Labute approximate surface area is 193 Å². The summed E-state index contributed by atoms with van der Waals surface area (Å²) in [6.07, 6.45) is -0.543. The molecule has 1 aromatic carbocycles. The smallest absolute Gasteiger partial charge is 0.303 e. The Kier molecular flexibility index (Phi) is 7.53. The number of aliphatic imine (C=N–C) groups is 1. The Morgan fingerprint density at radius 1 is 1.19 bits per heavy atom. The van der Waals surface area contributed by atoms with Crippen LogP contribution in [0, 0.1) is 0 Å². The van der Waals surface area contributed by atoms with E-state index in [1.807, 2.05) is 13.8 Å². The molecule has 2 heterocycles. The maximum Gasteiger partial charge on any atom is 0.303 e. The molecule has 0 spiro atoms. The van der Waals surface area contributed by atoms with Crippen LogP contribution in [0.5, 0.6) is 11.5 Å². The van der Waals surface area contributed by atoms with Crippen molar-refractivity contribution in [2.24, 2.45) is 4.99 Å². The third kappa shape index (κ3) is 5.53. The highest BCUT2D eigenvalue weighted by molar-refractivity contribution is 9.10. The van der Waals surface area contributed by atoms with E-state index in [9.17, 15) is 18.0 Å². The number of carbonyl (C=O) groups is 2. The molecule has 1 amide bonds. The van der Waals surface area contributed by atoms with Gasteiger partial charge in [0.1, 0.15) is 0 Å². The number of aliphatic carboxylic acids is 1. The van der Waals surface area contributed by atoms with E-state index in [0.717, 1.165) is 0 Å². The monoisotopic (exact) mass is 534 g/mol. The maximum atomic E-state index is 12.3. The first-order valence-corrected chi connectivity index (χ1v) is 13.2. The van der Waals surface area contributed by atoms with Crippen LogP contribution in [-0.4, -0.2) is 66.6 Å². The number of sulfone groups is 1. The first kappa shape index (κ1) is 23.9. The van der Waals surface area contributed by atoms with Crippen LogP contribution >= 0.6 is 27.7 Å². The number of carboxylic acid groups (broad SMARTS) is 1. The summed E-state index contributed by atoms with van der Waals surface area (Å²) in [4.78, 5) is 28.9. The van der Waals surface area contributed by atoms with E-state index in [-0.39, 0.29) is 29.6 Å². The predicted octanol–water partition coefficient (Wildman–Crippen LogP) is 2.71. The molecule has 0 aliphatic carbocycles. The zero-order chi connectivity index (χ0) is 22.8. The molecule has 2 aliphatic heterocycles. The molecule has 2 saturated heterocycles. The van der Waals surface area contributed by atoms with E-state index < -0.39 is 27.8 Å². The van der Waals surface area contributed by atoms with Crippen LogP contribution in [0.2, 0.25) is 0 Å². The van der Waals surface area contributed by atoms with Gasteiger partial charge >= 0.3 is 5.97 Å². The first-order valence-electron chi connectivity index (χ1n) is 9.74. The van der Waals surface area contributed by atoms with Crippen molar-refractivity contribution in [1.29, 1.82) is 0 Å². The van der Waals surface area contributed by atoms with Crippen LogP contribution in [0.1, 0.15) is 26.7 Å². The van der Waals surface area contributed by atoms with Crippen molar-refractivity contribution in [1.82, 2.24) is 0 Å². The molecule has 1 N–H and O–H groups in total. The van der Waals surface area contributed by atoms with Crippen molar-refractivity contribution in [3.05, 3.63) is 16.6 Å². The number of carboxylic acids is 1. The van der Waals surface area contributed by atoms with Crippen molar-refractivity contribution in [3.63, 3.8) is 0 Å². The lowest BCUT2D eigenvalue weighted by molar-refractivity contribution is -0.138. The van der Waals surface area contributed by atoms with Crippen molar-refractivity contribution in [2.75, 3.05) is 29.6 Å². The molecule has 2 unspecified atom stereocenters. The third-order valence-corrected chi connectivity index (χ3v) is 8.56. The quantitative estimate of drug-likeness (QED) is 0.535. The minimum absolute atomic E-state index is 0.00582. The zero-order valence-electron chi connectivity index (χ0n) is 17.0. The van der Waals surface area contributed by atoms with Gasteiger partial charge in [0.05, 0.1) is 42.9 Å². The number of amides is 1. The number of ether oxygens (including phenoxy) is 2. The highest BCUT2D eigenvalue weighted by Crippen LogP contribution is 2.46. The van der Waals surface area contributed by atoms with Crippen molar-refractivity contribution < 1.29 is 32.6 Å². The van der Waals surface area contributed by atoms with Gasteiger partial charge in [-0.05, 0) is 29.8 Å². The largest absolute Gasteiger partial charge is 0.490 e. The molecule has 0 saturated carbocycles. The molecule has 0 aromatic heterocycles. The topological polar surface area (TPSA) is 123 Å². The molecule has 170 valence electrons. The highest BCUT2D eigenvalue weighted by Gasteiger charge is 2.50. The number of benzene rings is 1. The van der Waals surface area contributed by atoms with Gasteiger partial charge in [-0.1, -0.05) is 11.8 Å². The summed E-state index contributed by atoms with van der Waals surface area (Å²) in [7, 11) is -3.22. The average molecular weight is 535 g/mol. The van der Waals surface area contributed by atoms with Gasteiger partial charge in [0.25, 0.3) is 0 Å².